The molecule has 0 bridgehead atoms. The molecule has 0 aromatic heterocycles. The number of hydrogen-bond acceptors (Lipinski definition) is 2. The zero-order valence-corrected chi connectivity index (χ0v) is 9.44. The maximum Gasteiger partial charge on any atom is 0.0179 e. The standard InChI is InChI=1S/C12H24N2/c1-2-12(6-3-7-12)14-9-8-13-10-11-4-5-11/h11,13-14H,2-10H2,1H3. The monoisotopic (exact) mass is 196 g/mol. The molecule has 2 aliphatic carbocycles. The summed E-state index contributed by atoms with van der Waals surface area (Å²) >= 11 is 0. The Labute approximate surface area is 87.8 Å². The molecule has 0 aromatic carbocycles. The number of hydrogen-bond donors (Lipinski definition) is 2. The van der Waals surface area contributed by atoms with Crippen molar-refractivity contribution < 1.29 is 0 Å². The summed E-state index contributed by atoms with van der Waals surface area (Å²) in [7, 11) is 0. The van der Waals surface area contributed by atoms with Crippen LogP contribution in [0.1, 0.15) is 45.4 Å². The summed E-state index contributed by atoms with van der Waals surface area (Å²) in [6, 6.07) is 0. The molecule has 0 aliphatic heterocycles. The van der Waals surface area contributed by atoms with Crippen molar-refractivity contribution in [3.05, 3.63) is 0 Å². The average molecular weight is 196 g/mol. The van der Waals surface area contributed by atoms with Gasteiger partial charge in [0.15, 0.2) is 0 Å². The Morgan fingerprint density at radius 3 is 2.50 bits per heavy atom. The highest BCUT2D eigenvalue weighted by Gasteiger charge is 2.33. The second kappa shape index (κ2) is 4.63. The smallest absolute Gasteiger partial charge is 0.0179 e. The van der Waals surface area contributed by atoms with Crippen LogP contribution in [0.15, 0.2) is 0 Å². The fourth-order valence-corrected chi connectivity index (χ4v) is 2.30. The summed E-state index contributed by atoms with van der Waals surface area (Å²) in [5.41, 5.74) is 0.529. The van der Waals surface area contributed by atoms with E-state index in [2.05, 4.69) is 17.6 Å². The molecule has 14 heavy (non-hydrogen) atoms. The van der Waals surface area contributed by atoms with Gasteiger partial charge in [-0.25, -0.2) is 0 Å². The van der Waals surface area contributed by atoms with E-state index in [0.29, 0.717) is 5.54 Å². The largest absolute Gasteiger partial charge is 0.315 e. The molecule has 0 saturated heterocycles. The van der Waals surface area contributed by atoms with E-state index in [1.165, 1.54) is 45.1 Å². The van der Waals surface area contributed by atoms with E-state index in [-0.39, 0.29) is 0 Å². The van der Waals surface area contributed by atoms with Crippen molar-refractivity contribution in [2.24, 2.45) is 5.92 Å². The molecule has 2 nitrogen and oxygen atoms in total. The first kappa shape index (κ1) is 10.4. The third-order valence-electron chi connectivity index (χ3n) is 3.92. The Hall–Kier alpha value is -0.0800. The van der Waals surface area contributed by atoms with Gasteiger partial charge in [-0.2, -0.15) is 0 Å². The van der Waals surface area contributed by atoms with Crippen molar-refractivity contribution in [2.45, 2.75) is 51.0 Å². The van der Waals surface area contributed by atoms with Crippen molar-refractivity contribution in [1.82, 2.24) is 10.6 Å². The SMILES string of the molecule is CCC1(NCCNCC2CC2)CCC1. The highest BCUT2D eigenvalue weighted by atomic mass is 15.0. The van der Waals surface area contributed by atoms with Crippen LogP contribution in [0.2, 0.25) is 0 Å². The molecule has 2 aliphatic rings. The lowest BCUT2D eigenvalue weighted by atomic mass is 9.75. The second-order valence-corrected chi connectivity index (χ2v) is 5.06. The highest BCUT2D eigenvalue weighted by molar-refractivity contribution is 4.94. The zero-order chi connectivity index (χ0) is 9.86. The van der Waals surface area contributed by atoms with Gasteiger partial charge in [0.2, 0.25) is 0 Å². The lowest BCUT2D eigenvalue weighted by Gasteiger charge is -2.42. The molecule has 0 atom stereocenters. The topological polar surface area (TPSA) is 24.1 Å². The third kappa shape index (κ3) is 2.71. The number of nitrogens with one attached hydrogen (secondary N) is 2. The van der Waals surface area contributed by atoms with E-state index in [1.807, 2.05) is 0 Å². The molecule has 2 N–H and O–H groups in total. The summed E-state index contributed by atoms with van der Waals surface area (Å²) in [6.07, 6.45) is 8.43. The van der Waals surface area contributed by atoms with Gasteiger partial charge in [-0.15, -0.1) is 0 Å². The molecule has 0 heterocycles. The van der Waals surface area contributed by atoms with Crippen LogP contribution >= 0.6 is 0 Å². The van der Waals surface area contributed by atoms with Crippen LogP contribution in [-0.2, 0) is 0 Å². The maximum absolute atomic E-state index is 3.71. The first-order valence-corrected chi connectivity index (χ1v) is 6.30. The van der Waals surface area contributed by atoms with Crippen molar-refractivity contribution in [3.8, 4) is 0 Å². The van der Waals surface area contributed by atoms with E-state index in [0.717, 1.165) is 19.0 Å². The summed E-state index contributed by atoms with van der Waals surface area (Å²) in [6.45, 7) is 5.86. The predicted molar refractivity (Wildman–Crippen MR) is 60.5 cm³/mol. The van der Waals surface area contributed by atoms with Gasteiger partial charge in [0, 0.05) is 18.6 Å². The highest BCUT2D eigenvalue weighted by Crippen LogP contribution is 2.34. The molecule has 0 radical (unpaired) electrons. The lowest BCUT2D eigenvalue weighted by molar-refractivity contribution is 0.178. The normalized spacial score (nSPS) is 24.6. The lowest BCUT2D eigenvalue weighted by Crippen LogP contribution is -2.52. The predicted octanol–water partition coefficient (Wildman–Crippen LogP) is 1.91. The molecule has 2 fully saturated rings. The maximum atomic E-state index is 3.71. The Morgan fingerprint density at radius 1 is 1.21 bits per heavy atom. The summed E-state index contributed by atoms with van der Waals surface area (Å²) in [4.78, 5) is 0. The summed E-state index contributed by atoms with van der Waals surface area (Å²) < 4.78 is 0. The minimum Gasteiger partial charge on any atom is -0.315 e. The van der Waals surface area contributed by atoms with Crippen molar-refractivity contribution in [3.63, 3.8) is 0 Å². The van der Waals surface area contributed by atoms with Crippen LogP contribution in [0.4, 0.5) is 0 Å². The van der Waals surface area contributed by atoms with Crippen LogP contribution in [0.25, 0.3) is 0 Å². The van der Waals surface area contributed by atoms with E-state index in [4.69, 9.17) is 0 Å². The van der Waals surface area contributed by atoms with Gasteiger partial charge in [0.05, 0.1) is 0 Å². The minimum atomic E-state index is 0.529. The molecule has 82 valence electrons. The quantitative estimate of drug-likeness (QED) is 0.608. The Kier molecular flexibility index (Phi) is 3.45. The van der Waals surface area contributed by atoms with Crippen LogP contribution in [0.3, 0.4) is 0 Å². The molecule has 2 saturated carbocycles. The first-order valence-electron chi connectivity index (χ1n) is 6.30. The van der Waals surface area contributed by atoms with Gasteiger partial charge < -0.3 is 10.6 Å². The van der Waals surface area contributed by atoms with Crippen LogP contribution in [0.5, 0.6) is 0 Å². The van der Waals surface area contributed by atoms with Crippen LogP contribution < -0.4 is 10.6 Å². The van der Waals surface area contributed by atoms with Crippen LogP contribution in [-0.4, -0.2) is 25.2 Å². The fraction of sp³-hybridized carbons (Fsp3) is 1.00. The van der Waals surface area contributed by atoms with E-state index < -0.39 is 0 Å². The molecule has 0 unspecified atom stereocenters. The van der Waals surface area contributed by atoms with Crippen molar-refractivity contribution in [2.75, 3.05) is 19.6 Å². The number of rotatable bonds is 7. The summed E-state index contributed by atoms with van der Waals surface area (Å²) in [5, 5.41) is 7.24. The van der Waals surface area contributed by atoms with Crippen LogP contribution in [0, 0.1) is 5.92 Å². The van der Waals surface area contributed by atoms with Crippen molar-refractivity contribution >= 4 is 0 Å². The molecule has 0 spiro atoms. The Balaban J connectivity index is 1.48. The molecule has 0 amide bonds. The van der Waals surface area contributed by atoms with Gasteiger partial charge in [-0.1, -0.05) is 6.92 Å². The van der Waals surface area contributed by atoms with Gasteiger partial charge in [-0.05, 0) is 51.0 Å². The average Bonchev–Trinajstić information content (AvgIpc) is 2.92. The second-order valence-electron chi connectivity index (χ2n) is 5.06. The van der Waals surface area contributed by atoms with E-state index >= 15 is 0 Å². The first-order chi connectivity index (χ1) is 6.85. The molecule has 0 aromatic rings. The molecule has 2 rings (SSSR count). The third-order valence-corrected chi connectivity index (χ3v) is 3.92. The van der Waals surface area contributed by atoms with Crippen molar-refractivity contribution in [1.29, 1.82) is 0 Å². The van der Waals surface area contributed by atoms with Gasteiger partial charge in [0.25, 0.3) is 0 Å². The fourth-order valence-electron chi connectivity index (χ4n) is 2.30. The van der Waals surface area contributed by atoms with Gasteiger partial charge >= 0.3 is 0 Å². The minimum absolute atomic E-state index is 0.529. The molecule has 2 heteroatoms. The summed E-state index contributed by atoms with van der Waals surface area (Å²) in [5.74, 6) is 1.01. The Bertz CT molecular complexity index is 166. The van der Waals surface area contributed by atoms with E-state index in [1.54, 1.807) is 0 Å². The zero-order valence-electron chi connectivity index (χ0n) is 9.44. The van der Waals surface area contributed by atoms with Gasteiger partial charge in [-0.3, -0.25) is 0 Å². The van der Waals surface area contributed by atoms with Gasteiger partial charge in [0.1, 0.15) is 0 Å². The van der Waals surface area contributed by atoms with E-state index in [9.17, 15) is 0 Å². The molecular formula is C12H24N2. The molecular weight excluding hydrogens is 172 g/mol. The Morgan fingerprint density at radius 2 is 2.00 bits per heavy atom.